The van der Waals surface area contributed by atoms with Crippen molar-refractivity contribution in [1.29, 1.82) is 0 Å². The molecule has 2 fully saturated rings. The van der Waals surface area contributed by atoms with E-state index in [-0.39, 0.29) is 5.91 Å². The van der Waals surface area contributed by atoms with Crippen LogP contribution in [0, 0.1) is 5.41 Å². The summed E-state index contributed by atoms with van der Waals surface area (Å²) in [5.74, 6) is -0.546. The smallest absolute Gasteiger partial charge is 0.421 e. The van der Waals surface area contributed by atoms with Gasteiger partial charge in [-0.15, -0.1) is 0 Å². The average Bonchev–Trinajstić information content (AvgIpc) is 3.35. The van der Waals surface area contributed by atoms with Gasteiger partial charge < -0.3 is 15.0 Å². The number of imide groups is 1. The van der Waals surface area contributed by atoms with Crippen molar-refractivity contribution in [3.8, 4) is 0 Å². The first-order valence-corrected chi connectivity index (χ1v) is 13.3. The molecule has 1 aliphatic carbocycles. The van der Waals surface area contributed by atoms with Gasteiger partial charge >= 0.3 is 6.09 Å². The molecule has 2 aromatic rings. The lowest BCUT2D eigenvalue weighted by Crippen LogP contribution is -2.62. The molecule has 0 unspecified atom stereocenters. The van der Waals surface area contributed by atoms with E-state index in [9.17, 15) is 14.4 Å². The SMILES string of the molecule is CN1C(=O)[C@]2(NC(=S)[C@]3(C(=O)N(C(=O)OC(C)(C)C)c4ccccc43)C23CCCCC3)c2ccccc21. The molecule has 2 aromatic carbocycles. The molecular weight excluding hydrogens is 486 g/mol. The standard InChI is InChI=1S/C29H31N3O4S/c1-26(2,3)36-25(35)32-21-15-9-6-12-18(21)28(23(32)33)22(37)30-29(27(28)16-10-5-11-17-27)19-13-7-8-14-20(19)31(4)24(29)34/h6-9,12-15H,5,10-11,16-17H2,1-4H3,(H,30,37)/t28-,29-/m1/s1. The molecule has 0 aromatic heterocycles. The predicted molar refractivity (Wildman–Crippen MR) is 145 cm³/mol. The molecule has 1 saturated heterocycles. The zero-order valence-corrected chi connectivity index (χ0v) is 22.4. The van der Waals surface area contributed by atoms with Crippen LogP contribution >= 0.6 is 12.2 Å². The minimum Gasteiger partial charge on any atom is -0.443 e. The summed E-state index contributed by atoms with van der Waals surface area (Å²) < 4.78 is 5.70. The Morgan fingerprint density at radius 3 is 2.16 bits per heavy atom. The second-order valence-electron chi connectivity index (χ2n) is 11.6. The van der Waals surface area contributed by atoms with Gasteiger partial charge in [0.1, 0.15) is 11.0 Å². The van der Waals surface area contributed by atoms with Gasteiger partial charge in [-0.25, -0.2) is 9.69 Å². The number of para-hydroxylation sites is 2. The topological polar surface area (TPSA) is 79.0 Å². The molecule has 8 heteroatoms. The van der Waals surface area contributed by atoms with Crippen LogP contribution in [0.1, 0.15) is 64.0 Å². The van der Waals surface area contributed by atoms with E-state index >= 15 is 0 Å². The van der Waals surface area contributed by atoms with Crippen molar-refractivity contribution in [2.75, 3.05) is 16.8 Å². The third-order valence-corrected chi connectivity index (χ3v) is 9.14. The molecule has 7 nitrogen and oxygen atoms in total. The molecular formula is C29H31N3O4S. The van der Waals surface area contributed by atoms with E-state index in [0.717, 1.165) is 35.4 Å². The fourth-order valence-electron chi connectivity index (χ4n) is 7.48. The van der Waals surface area contributed by atoms with Gasteiger partial charge in [0.25, 0.3) is 11.8 Å². The third kappa shape index (κ3) is 2.72. The van der Waals surface area contributed by atoms with Crippen LogP contribution in [0.25, 0.3) is 0 Å². The second kappa shape index (κ2) is 7.63. The third-order valence-electron chi connectivity index (χ3n) is 8.73. The van der Waals surface area contributed by atoms with E-state index in [2.05, 4.69) is 5.32 Å². The Kier molecular flexibility index (Phi) is 4.97. The van der Waals surface area contributed by atoms with E-state index in [0.29, 0.717) is 29.1 Å². The number of ether oxygens (including phenoxy) is 1. The quantitative estimate of drug-likeness (QED) is 0.498. The highest BCUT2D eigenvalue weighted by molar-refractivity contribution is 7.80. The highest BCUT2D eigenvalue weighted by Gasteiger charge is 2.81. The number of amides is 3. The molecule has 3 aliphatic heterocycles. The maximum Gasteiger partial charge on any atom is 0.421 e. The summed E-state index contributed by atoms with van der Waals surface area (Å²) in [6.07, 6.45) is 3.24. The van der Waals surface area contributed by atoms with Gasteiger partial charge in [0, 0.05) is 23.7 Å². The van der Waals surface area contributed by atoms with Crippen LogP contribution < -0.4 is 15.1 Å². The number of nitrogens with zero attached hydrogens (tertiary/aromatic N) is 2. The summed E-state index contributed by atoms with van der Waals surface area (Å²) in [6, 6.07) is 15.1. The molecule has 3 spiro atoms. The van der Waals surface area contributed by atoms with Gasteiger partial charge in [0.2, 0.25) is 0 Å². The van der Waals surface area contributed by atoms with Crippen LogP contribution in [0.3, 0.4) is 0 Å². The molecule has 3 heterocycles. The van der Waals surface area contributed by atoms with E-state index in [1.807, 2.05) is 36.4 Å². The summed E-state index contributed by atoms with van der Waals surface area (Å²) in [5.41, 5.74) is -1.47. The van der Waals surface area contributed by atoms with Gasteiger partial charge in [-0.2, -0.15) is 0 Å². The summed E-state index contributed by atoms with van der Waals surface area (Å²) in [7, 11) is 1.78. The number of carbonyl (C=O) groups excluding carboxylic acids is 3. The zero-order chi connectivity index (χ0) is 26.4. The molecule has 6 rings (SSSR count). The summed E-state index contributed by atoms with van der Waals surface area (Å²) >= 11 is 6.10. The van der Waals surface area contributed by atoms with Crippen LogP contribution in [0.15, 0.2) is 48.5 Å². The minimum absolute atomic E-state index is 0.115. The first kappa shape index (κ1) is 24.1. The van der Waals surface area contributed by atoms with Crippen LogP contribution in [0.4, 0.5) is 16.2 Å². The maximum atomic E-state index is 14.8. The van der Waals surface area contributed by atoms with Crippen LogP contribution in [-0.4, -0.2) is 35.5 Å². The normalized spacial score (nSPS) is 27.7. The molecule has 1 N–H and O–H groups in total. The number of carbonyl (C=O) groups is 3. The summed E-state index contributed by atoms with van der Waals surface area (Å²) in [4.78, 5) is 45.8. The van der Waals surface area contributed by atoms with Crippen molar-refractivity contribution in [1.82, 2.24) is 5.32 Å². The number of thiocarbonyl (C=S) groups is 1. The van der Waals surface area contributed by atoms with Crippen molar-refractivity contribution in [2.24, 2.45) is 5.41 Å². The van der Waals surface area contributed by atoms with Gasteiger partial charge in [-0.1, -0.05) is 67.9 Å². The summed E-state index contributed by atoms with van der Waals surface area (Å²) in [5, 5.41) is 3.48. The molecule has 0 bridgehead atoms. The monoisotopic (exact) mass is 517 g/mol. The van der Waals surface area contributed by atoms with E-state index in [1.54, 1.807) is 44.9 Å². The Labute approximate surface area is 222 Å². The molecule has 4 aliphatic rings. The largest absolute Gasteiger partial charge is 0.443 e. The first-order chi connectivity index (χ1) is 17.5. The lowest BCUT2D eigenvalue weighted by Gasteiger charge is -2.50. The lowest BCUT2D eigenvalue weighted by molar-refractivity contribution is -0.135. The van der Waals surface area contributed by atoms with Crippen LogP contribution in [0.5, 0.6) is 0 Å². The van der Waals surface area contributed by atoms with Gasteiger partial charge in [-0.05, 0) is 51.3 Å². The maximum absolute atomic E-state index is 14.8. The highest BCUT2D eigenvalue weighted by Crippen LogP contribution is 2.70. The lowest BCUT2D eigenvalue weighted by atomic mass is 9.49. The Morgan fingerprint density at radius 2 is 1.51 bits per heavy atom. The molecule has 37 heavy (non-hydrogen) atoms. The Morgan fingerprint density at radius 1 is 0.919 bits per heavy atom. The summed E-state index contributed by atoms with van der Waals surface area (Å²) in [6.45, 7) is 5.32. The number of nitrogens with one attached hydrogen (secondary N) is 1. The van der Waals surface area contributed by atoms with Crippen molar-refractivity contribution in [3.05, 3.63) is 59.7 Å². The van der Waals surface area contributed by atoms with E-state index in [4.69, 9.17) is 17.0 Å². The molecule has 3 amide bonds. The fraction of sp³-hybridized carbons (Fsp3) is 0.448. The minimum atomic E-state index is -1.37. The Balaban J connectivity index is 1.65. The van der Waals surface area contributed by atoms with Gasteiger partial charge in [-0.3, -0.25) is 9.59 Å². The predicted octanol–water partition coefficient (Wildman–Crippen LogP) is 4.96. The number of benzene rings is 2. The second-order valence-corrected chi connectivity index (χ2v) is 12.0. The van der Waals surface area contributed by atoms with Crippen molar-refractivity contribution in [2.45, 2.75) is 69.4 Å². The average molecular weight is 518 g/mol. The number of hydrogen-bond acceptors (Lipinski definition) is 5. The number of rotatable bonds is 0. The van der Waals surface area contributed by atoms with Crippen LogP contribution in [0.2, 0.25) is 0 Å². The van der Waals surface area contributed by atoms with Crippen molar-refractivity contribution < 1.29 is 19.1 Å². The van der Waals surface area contributed by atoms with E-state index in [1.165, 1.54) is 0 Å². The molecule has 192 valence electrons. The number of hydrogen-bond donors (Lipinski definition) is 1. The number of likely N-dealkylation sites (N-methyl/N-ethyl adjacent to an activating group) is 1. The van der Waals surface area contributed by atoms with Crippen molar-refractivity contribution in [3.63, 3.8) is 0 Å². The number of anilines is 2. The molecule has 1 saturated carbocycles. The first-order valence-electron chi connectivity index (χ1n) is 12.9. The van der Waals surface area contributed by atoms with Crippen molar-refractivity contribution >= 4 is 46.5 Å². The Bertz CT molecular complexity index is 1380. The Hall–Kier alpha value is -3.26. The molecule has 0 radical (unpaired) electrons. The fourth-order valence-corrected chi connectivity index (χ4v) is 8.02. The number of fused-ring (bicyclic) bond motifs is 6. The molecule has 2 atom stereocenters. The van der Waals surface area contributed by atoms with Gasteiger partial charge in [0.15, 0.2) is 5.54 Å². The van der Waals surface area contributed by atoms with Gasteiger partial charge in [0.05, 0.1) is 10.7 Å². The van der Waals surface area contributed by atoms with E-state index < -0.39 is 34.0 Å². The zero-order valence-electron chi connectivity index (χ0n) is 21.6. The highest BCUT2D eigenvalue weighted by atomic mass is 32.1. The van der Waals surface area contributed by atoms with Crippen LogP contribution in [-0.2, 0) is 25.3 Å².